The van der Waals surface area contributed by atoms with Crippen LogP contribution in [0.5, 0.6) is 23.1 Å². The number of anilines is 1. The summed E-state index contributed by atoms with van der Waals surface area (Å²) in [5, 5.41) is -0.232. The van der Waals surface area contributed by atoms with Gasteiger partial charge in [0.05, 0.1) is 20.8 Å². The van der Waals surface area contributed by atoms with Gasteiger partial charge < -0.3 is 18.9 Å². The Hall–Kier alpha value is -4.78. The first-order chi connectivity index (χ1) is 18.7. The van der Waals surface area contributed by atoms with E-state index in [0.29, 0.717) is 11.3 Å². The number of rotatable bonds is 10. The average molecular weight is 552 g/mol. The maximum atomic E-state index is 13.3. The summed E-state index contributed by atoms with van der Waals surface area (Å²) in [4.78, 5) is 29.1. The van der Waals surface area contributed by atoms with Crippen molar-refractivity contribution in [2.45, 2.75) is 18.9 Å². The van der Waals surface area contributed by atoms with E-state index < -0.39 is 16.0 Å². The summed E-state index contributed by atoms with van der Waals surface area (Å²) < 4.78 is 50.9. The third-order valence-corrected chi connectivity index (χ3v) is 6.46. The molecular weight excluding hydrogens is 526 g/mol. The number of sulfonamides is 1. The van der Waals surface area contributed by atoms with Crippen molar-refractivity contribution in [3.05, 3.63) is 72.2 Å². The van der Waals surface area contributed by atoms with Crippen molar-refractivity contribution >= 4 is 21.8 Å². The molecule has 202 valence electrons. The van der Waals surface area contributed by atoms with E-state index in [4.69, 9.17) is 18.9 Å². The molecule has 0 spiro atoms. The molecule has 39 heavy (non-hydrogen) atoms. The summed E-state index contributed by atoms with van der Waals surface area (Å²) in [6.45, 7) is 3.64. The fourth-order valence-corrected chi connectivity index (χ4v) is 4.29. The van der Waals surface area contributed by atoms with Crippen molar-refractivity contribution in [1.29, 1.82) is 0 Å². The standard InChI is InChI=1S/C26H25N5O7S/c1-5-37-26(32)18-14-17(12-13-27-18)23-29-24(31-39(33,34)21-11-10-16(2)15-28-21)22(25(30-23)36-4)38-20-9-7-6-8-19(20)35-3/h6-15H,5H2,1-4H3,(H,29,30,31). The van der Waals surface area contributed by atoms with Crippen LogP contribution in [0.4, 0.5) is 5.82 Å². The van der Waals surface area contributed by atoms with Crippen LogP contribution in [-0.4, -0.2) is 55.1 Å². The number of esters is 1. The number of hydrogen-bond donors (Lipinski definition) is 1. The number of nitrogens with zero attached hydrogens (tertiary/aromatic N) is 4. The van der Waals surface area contributed by atoms with E-state index in [1.54, 1.807) is 50.2 Å². The number of benzene rings is 1. The quantitative estimate of drug-likeness (QED) is 0.284. The van der Waals surface area contributed by atoms with Crippen LogP contribution in [0.25, 0.3) is 11.4 Å². The fraction of sp³-hybridized carbons (Fsp3) is 0.192. The van der Waals surface area contributed by atoms with E-state index in [1.807, 2.05) is 0 Å². The number of hydrogen-bond acceptors (Lipinski definition) is 11. The molecule has 4 aromatic rings. The predicted molar refractivity (Wildman–Crippen MR) is 141 cm³/mol. The molecule has 3 heterocycles. The Morgan fingerprint density at radius 2 is 1.74 bits per heavy atom. The molecule has 0 unspecified atom stereocenters. The van der Waals surface area contributed by atoms with Crippen molar-refractivity contribution in [2.24, 2.45) is 0 Å². The lowest BCUT2D eigenvalue weighted by Crippen LogP contribution is -2.17. The van der Waals surface area contributed by atoms with Gasteiger partial charge in [0, 0.05) is 18.0 Å². The second kappa shape index (κ2) is 11.7. The predicted octanol–water partition coefficient (Wildman–Crippen LogP) is 4.03. The van der Waals surface area contributed by atoms with E-state index >= 15 is 0 Å². The summed E-state index contributed by atoms with van der Waals surface area (Å²) in [5.74, 6) is -0.408. The molecule has 0 saturated heterocycles. The van der Waals surface area contributed by atoms with Crippen molar-refractivity contribution in [1.82, 2.24) is 19.9 Å². The van der Waals surface area contributed by atoms with Crippen molar-refractivity contribution in [3.63, 3.8) is 0 Å². The van der Waals surface area contributed by atoms with Crippen LogP contribution in [0.2, 0.25) is 0 Å². The Bertz CT molecular complexity index is 1600. The topological polar surface area (TPSA) is 152 Å². The molecule has 0 amide bonds. The second-order valence-electron chi connectivity index (χ2n) is 7.92. The summed E-state index contributed by atoms with van der Waals surface area (Å²) in [5.41, 5.74) is 1.16. The molecular formula is C26H25N5O7S. The van der Waals surface area contributed by atoms with Crippen molar-refractivity contribution in [3.8, 4) is 34.5 Å². The van der Waals surface area contributed by atoms with E-state index in [9.17, 15) is 13.2 Å². The number of ether oxygens (including phenoxy) is 4. The van der Waals surface area contributed by atoms with E-state index in [2.05, 4.69) is 24.7 Å². The highest BCUT2D eigenvalue weighted by Gasteiger charge is 2.26. The molecule has 0 fully saturated rings. The molecule has 0 radical (unpaired) electrons. The molecule has 0 aliphatic rings. The summed E-state index contributed by atoms with van der Waals surface area (Å²) >= 11 is 0. The van der Waals surface area contributed by atoms with Crippen LogP contribution < -0.4 is 18.9 Å². The lowest BCUT2D eigenvalue weighted by atomic mass is 10.2. The van der Waals surface area contributed by atoms with Crippen LogP contribution in [0.1, 0.15) is 23.0 Å². The number of aryl methyl sites for hydroxylation is 1. The Balaban J connectivity index is 1.86. The van der Waals surface area contributed by atoms with Crippen LogP contribution >= 0.6 is 0 Å². The molecule has 0 atom stereocenters. The number of methoxy groups -OCH3 is 2. The van der Waals surface area contributed by atoms with Crippen LogP contribution in [-0.2, 0) is 14.8 Å². The minimum Gasteiger partial charge on any atom is -0.493 e. The molecule has 13 heteroatoms. The van der Waals surface area contributed by atoms with Gasteiger partial charge in [0.15, 0.2) is 28.2 Å². The molecule has 0 bridgehead atoms. The maximum Gasteiger partial charge on any atom is 0.356 e. The number of carbonyl (C=O) groups excluding carboxylic acids is 1. The van der Waals surface area contributed by atoms with Crippen LogP contribution in [0.3, 0.4) is 0 Å². The number of nitrogens with one attached hydrogen (secondary N) is 1. The van der Waals surface area contributed by atoms with Gasteiger partial charge in [-0.2, -0.15) is 13.4 Å². The zero-order valence-electron chi connectivity index (χ0n) is 21.5. The van der Waals surface area contributed by atoms with Gasteiger partial charge in [-0.25, -0.2) is 19.7 Å². The van der Waals surface area contributed by atoms with Gasteiger partial charge in [-0.05, 0) is 49.7 Å². The smallest absolute Gasteiger partial charge is 0.356 e. The van der Waals surface area contributed by atoms with E-state index in [-0.39, 0.29) is 46.3 Å². The molecule has 0 aliphatic carbocycles. The number of pyridine rings is 2. The zero-order valence-corrected chi connectivity index (χ0v) is 22.4. The van der Waals surface area contributed by atoms with Gasteiger partial charge in [-0.3, -0.25) is 4.72 Å². The average Bonchev–Trinajstić information content (AvgIpc) is 2.94. The first-order valence-corrected chi connectivity index (χ1v) is 13.1. The van der Waals surface area contributed by atoms with Gasteiger partial charge in [0.1, 0.15) is 5.69 Å². The minimum absolute atomic E-state index is 0.0252. The maximum absolute atomic E-state index is 13.3. The summed E-state index contributed by atoms with van der Waals surface area (Å²) in [7, 11) is -1.40. The Morgan fingerprint density at radius 3 is 2.41 bits per heavy atom. The zero-order chi connectivity index (χ0) is 28.0. The normalized spacial score (nSPS) is 11.0. The SMILES string of the molecule is CCOC(=O)c1cc(-c2nc(NS(=O)(=O)c3ccc(C)cn3)c(Oc3ccccc3OC)c(OC)n2)ccn1. The van der Waals surface area contributed by atoms with Crippen LogP contribution in [0, 0.1) is 6.92 Å². The van der Waals surface area contributed by atoms with Gasteiger partial charge in [-0.15, -0.1) is 0 Å². The monoisotopic (exact) mass is 551 g/mol. The second-order valence-corrected chi connectivity index (χ2v) is 9.55. The number of aromatic nitrogens is 4. The molecule has 3 aromatic heterocycles. The molecule has 4 rings (SSSR count). The van der Waals surface area contributed by atoms with Gasteiger partial charge in [0.25, 0.3) is 15.9 Å². The Kier molecular flexibility index (Phi) is 8.20. The first kappa shape index (κ1) is 27.3. The highest BCUT2D eigenvalue weighted by molar-refractivity contribution is 7.92. The Morgan fingerprint density at radius 1 is 0.974 bits per heavy atom. The summed E-state index contributed by atoms with van der Waals surface area (Å²) in [6.07, 6.45) is 2.82. The summed E-state index contributed by atoms with van der Waals surface area (Å²) in [6, 6.07) is 12.7. The van der Waals surface area contributed by atoms with Crippen LogP contribution in [0.15, 0.2) is 66.0 Å². The minimum atomic E-state index is -4.22. The van der Waals surface area contributed by atoms with Crippen molar-refractivity contribution < 1.29 is 32.2 Å². The third-order valence-electron chi connectivity index (χ3n) is 5.20. The highest BCUT2D eigenvalue weighted by atomic mass is 32.2. The number of carbonyl (C=O) groups is 1. The molecule has 0 saturated carbocycles. The molecule has 1 aromatic carbocycles. The lowest BCUT2D eigenvalue weighted by molar-refractivity contribution is 0.0519. The number of para-hydroxylation sites is 2. The first-order valence-electron chi connectivity index (χ1n) is 11.6. The fourth-order valence-electron chi connectivity index (χ4n) is 3.35. The van der Waals surface area contributed by atoms with E-state index in [0.717, 1.165) is 5.56 Å². The van der Waals surface area contributed by atoms with Gasteiger partial charge in [-0.1, -0.05) is 18.2 Å². The van der Waals surface area contributed by atoms with E-state index in [1.165, 1.54) is 38.7 Å². The van der Waals surface area contributed by atoms with Gasteiger partial charge >= 0.3 is 5.97 Å². The molecule has 12 nitrogen and oxygen atoms in total. The third kappa shape index (κ3) is 6.21. The largest absolute Gasteiger partial charge is 0.493 e. The Labute approximate surface area is 225 Å². The highest BCUT2D eigenvalue weighted by Crippen LogP contribution is 2.41. The lowest BCUT2D eigenvalue weighted by Gasteiger charge is -2.17. The van der Waals surface area contributed by atoms with Gasteiger partial charge in [0.2, 0.25) is 5.75 Å². The van der Waals surface area contributed by atoms with Crippen molar-refractivity contribution in [2.75, 3.05) is 25.5 Å². The molecule has 1 N–H and O–H groups in total. The molecule has 0 aliphatic heterocycles.